The van der Waals surface area contributed by atoms with Crippen LogP contribution in [-0.2, 0) is 7.05 Å². The second-order valence-electron chi connectivity index (χ2n) is 2.59. The first-order chi connectivity index (χ1) is 6.22. The highest BCUT2D eigenvalue weighted by atomic mass is 35.5. The molecule has 0 aliphatic rings. The van der Waals surface area contributed by atoms with Crippen LogP contribution in [0.4, 0.5) is 0 Å². The van der Waals surface area contributed by atoms with Gasteiger partial charge in [0.2, 0.25) is 5.28 Å². The third-order valence-corrected chi connectivity index (χ3v) is 1.95. The Bertz CT molecular complexity index is 474. The fraction of sp³-hybridized carbons (Fsp3) is 0.125. The first kappa shape index (κ1) is 8.19. The number of nitrogens with zero attached hydrogens (tertiary/aromatic N) is 4. The Morgan fingerprint density at radius 2 is 2.38 bits per heavy atom. The van der Waals surface area contributed by atoms with E-state index in [0.717, 1.165) is 16.7 Å². The molecule has 13 heavy (non-hydrogen) atoms. The van der Waals surface area contributed by atoms with Gasteiger partial charge in [0, 0.05) is 13.2 Å². The first-order valence-corrected chi connectivity index (χ1v) is 4.08. The van der Waals surface area contributed by atoms with E-state index in [1.165, 1.54) is 0 Å². The Morgan fingerprint density at radius 3 is 3.08 bits per heavy atom. The fourth-order valence-corrected chi connectivity index (χ4v) is 1.32. The van der Waals surface area contributed by atoms with Gasteiger partial charge in [-0.25, -0.2) is 9.67 Å². The summed E-state index contributed by atoms with van der Waals surface area (Å²) in [5.74, 6) is 0. The summed E-state index contributed by atoms with van der Waals surface area (Å²) in [6, 6.07) is 0. The van der Waals surface area contributed by atoms with Crippen LogP contribution < -0.4 is 0 Å². The molecule has 0 atom stereocenters. The molecule has 66 valence electrons. The van der Waals surface area contributed by atoms with Crippen molar-refractivity contribution >= 4 is 28.7 Å². The van der Waals surface area contributed by atoms with Crippen LogP contribution in [0.1, 0.15) is 5.69 Å². The molecular formula is C8H7ClN4. The smallest absolute Gasteiger partial charge is 0.224 e. The lowest BCUT2D eigenvalue weighted by Crippen LogP contribution is -1.92. The lowest BCUT2D eigenvalue weighted by molar-refractivity contribution is 0.782. The Balaban J connectivity index is 2.88. The van der Waals surface area contributed by atoms with E-state index in [4.69, 9.17) is 11.6 Å². The summed E-state index contributed by atoms with van der Waals surface area (Å²) < 4.78 is 1.65. The van der Waals surface area contributed by atoms with Gasteiger partial charge in [-0.1, -0.05) is 6.58 Å². The molecule has 2 heterocycles. The highest BCUT2D eigenvalue weighted by Crippen LogP contribution is 2.16. The van der Waals surface area contributed by atoms with Crippen LogP contribution in [0.3, 0.4) is 0 Å². The second kappa shape index (κ2) is 2.81. The summed E-state index contributed by atoms with van der Waals surface area (Å²) in [6.07, 6.45) is 3.31. The predicted molar refractivity (Wildman–Crippen MR) is 51.4 cm³/mol. The molecule has 0 saturated carbocycles. The third kappa shape index (κ3) is 1.19. The van der Waals surface area contributed by atoms with Gasteiger partial charge >= 0.3 is 0 Å². The molecule has 0 radical (unpaired) electrons. The molecule has 0 aliphatic carbocycles. The number of fused-ring (bicyclic) bond motifs is 1. The number of rotatable bonds is 1. The molecule has 0 aromatic carbocycles. The van der Waals surface area contributed by atoms with Gasteiger partial charge < -0.3 is 0 Å². The molecule has 0 N–H and O–H groups in total. The van der Waals surface area contributed by atoms with Gasteiger partial charge in [0.05, 0.1) is 11.1 Å². The average molecular weight is 195 g/mol. The molecule has 2 aromatic heterocycles. The number of aromatic nitrogens is 4. The fourth-order valence-electron chi connectivity index (χ4n) is 1.19. The maximum Gasteiger partial charge on any atom is 0.224 e. The van der Waals surface area contributed by atoms with Crippen molar-refractivity contribution in [1.29, 1.82) is 0 Å². The Labute approximate surface area is 79.9 Å². The third-order valence-electron chi connectivity index (χ3n) is 1.77. The van der Waals surface area contributed by atoms with Crippen molar-refractivity contribution in [2.75, 3.05) is 0 Å². The van der Waals surface area contributed by atoms with Gasteiger partial charge in [-0.3, -0.25) is 0 Å². The van der Waals surface area contributed by atoms with Crippen molar-refractivity contribution in [2.24, 2.45) is 7.05 Å². The van der Waals surface area contributed by atoms with Gasteiger partial charge in [-0.05, 0) is 17.7 Å². The van der Waals surface area contributed by atoms with E-state index in [2.05, 4.69) is 21.6 Å². The summed E-state index contributed by atoms with van der Waals surface area (Å²) in [5.41, 5.74) is 1.49. The summed E-state index contributed by atoms with van der Waals surface area (Å²) in [7, 11) is 1.80. The van der Waals surface area contributed by atoms with Crippen molar-refractivity contribution < 1.29 is 0 Å². The van der Waals surface area contributed by atoms with Gasteiger partial charge in [0.25, 0.3) is 0 Å². The van der Waals surface area contributed by atoms with Crippen molar-refractivity contribution in [3.05, 3.63) is 23.8 Å². The molecule has 0 spiro atoms. The standard InChI is InChI=1S/C8H7ClN4/c1-3-6-5-4-10-8(9)11-7(5)13(2)12-6/h3-4H,1H2,2H3. The average Bonchev–Trinajstić information content (AvgIpc) is 2.43. The van der Waals surface area contributed by atoms with E-state index < -0.39 is 0 Å². The lowest BCUT2D eigenvalue weighted by atomic mass is 10.3. The van der Waals surface area contributed by atoms with Crippen molar-refractivity contribution in [3.8, 4) is 0 Å². The number of hydrogen-bond acceptors (Lipinski definition) is 3. The predicted octanol–water partition coefficient (Wildman–Crippen LogP) is 1.66. The molecule has 2 aromatic rings. The molecule has 0 amide bonds. The maximum absolute atomic E-state index is 5.65. The van der Waals surface area contributed by atoms with Gasteiger partial charge in [0.1, 0.15) is 0 Å². The minimum absolute atomic E-state index is 0.228. The van der Waals surface area contributed by atoms with Crippen molar-refractivity contribution in [1.82, 2.24) is 19.7 Å². The zero-order valence-electron chi connectivity index (χ0n) is 7.03. The summed E-state index contributed by atoms with van der Waals surface area (Å²) in [6.45, 7) is 3.65. The number of hydrogen-bond donors (Lipinski definition) is 0. The number of halogens is 1. The Hall–Kier alpha value is -1.42. The van der Waals surface area contributed by atoms with E-state index in [9.17, 15) is 0 Å². The topological polar surface area (TPSA) is 43.6 Å². The number of aryl methyl sites for hydroxylation is 1. The van der Waals surface area contributed by atoms with Crippen LogP contribution in [0.25, 0.3) is 17.1 Å². The molecule has 0 saturated heterocycles. The molecule has 2 rings (SSSR count). The zero-order chi connectivity index (χ0) is 9.42. The van der Waals surface area contributed by atoms with Gasteiger partial charge in [-0.2, -0.15) is 10.1 Å². The molecular weight excluding hydrogens is 188 g/mol. The molecule has 0 unspecified atom stereocenters. The van der Waals surface area contributed by atoms with E-state index in [0.29, 0.717) is 0 Å². The lowest BCUT2D eigenvalue weighted by Gasteiger charge is -1.91. The van der Waals surface area contributed by atoms with Crippen LogP contribution in [0, 0.1) is 0 Å². The Morgan fingerprint density at radius 1 is 1.62 bits per heavy atom. The van der Waals surface area contributed by atoms with Gasteiger partial charge in [-0.15, -0.1) is 0 Å². The van der Waals surface area contributed by atoms with E-state index >= 15 is 0 Å². The quantitative estimate of drug-likeness (QED) is 0.649. The van der Waals surface area contributed by atoms with E-state index in [-0.39, 0.29) is 5.28 Å². The summed E-state index contributed by atoms with van der Waals surface area (Å²) >= 11 is 5.65. The minimum Gasteiger partial charge on any atom is -0.250 e. The first-order valence-electron chi connectivity index (χ1n) is 3.70. The molecule has 0 aliphatic heterocycles. The summed E-state index contributed by atoms with van der Waals surface area (Å²) in [5, 5.41) is 5.28. The van der Waals surface area contributed by atoms with E-state index in [1.807, 2.05) is 0 Å². The van der Waals surface area contributed by atoms with Crippen LogP contribution >= 0.6 is 11.6 Å². The molecule has 0 fully saturated rings. The Kier molecular flexibility index (Phi) is 1.77. The van der Waals surface area contributed by atoms with Crippen molar-refractivity contribution in [3.63, 3.8) is 0 Å². The maximum atomic E-state index is 5.65. The monoisotopic (exact) mass is 194 g/mol. The van der Waals surface area contributed by atoms with Crippen LogP contribution in [0.5, 0.6) is 0 Å². The van der Waals surface area contributed by atoms with Crippen LogP contribution in [0.15, 0.2) is 12.8 Å². The van der Waals surface area contributed by atoms with E-state index in [1.54, 1.807) is 24.0 Å². The second-order valence-corrected chi connectivity index (χ2v) is 2.93. The SMILES string of the molecule is C=Cc1nn(C)c2nc(Cl)ncc12. The molecule has 4 nitrogen and oxygen atoms in total. The van der Waals surface area contributed by atoms with Crippen LogP contribution in [-0.4, -0.2) is 19.7 Å². The van der Waals surface area contributed by atoms with Crippen molar-refractivity contribution in [2.45, 2.75) is 0 Å². The largest absolute Gasteiger partial charge is 0.250 e. The highest BCUT2D eigenvalue weighted by molar-refractivity contribution is 6.28. The molecule has 5 heteroatoms. The van der Waals surface area contributed by atoms with Crippen LogP contribution in [0.2, 0.25) is 5.28 Å². The minimum atomic E-state index is 0.228. The molecule has 0 bridgehead atoms. The highest BCUT2D eigenvalue weighted by Gasteiger charge is 2.07. The summed E-state index contributed by atoms with van der Waals surface area (Å²) in [4.78, 5) is 7.93. The van der Waals surface area contributed by atoms with Gasteiger partial charge in [0.15, 0.2) is 5.65 Å². The zero-order valence-corrected chi connectivity index (χ0v) is 7.78. The normalized spacial score (nSPS) is 10.6.